The number of aliphatic hydroxyl groups excluding tert-OH is 1. The van der Waals surface area contributed by atoms with Gasteiger partial charge in [0.15, 0.2) is 0 Å². The van der Waals surface area contributed by atoms with E-state index in [0.29, 0.717) is 0 Å². The largest absolute Gasteiger partial charge is 0.507 e. The van der Waals surface area contributed by atoms with Crippen LogP contribution < -0.4 is 0 Å². The molecule has 0 aromatic rings. The first-order chi connectivity index (χ1) is 5.63. The molecule has 0 rings (SSSR count). The number of carboxylic acids is 1. The van der Waals surface area contributed by atoms with Gasteiger partial charge in [0.1, 0.15) is 11.3 Å². The van der Waals surface area contributed by atoms with Crippen molar-refractivity contribution in [3.8, 4) is 0 Å². The minimum absolute atomic E-state index is 0.101. The monoisotopic (exact) mass is 168 g/mol. The predicted molar refractivity (Wildman–Crippen MR) is 46.9 cm³/mol. The van der Waals surface area contributed by atoms with Gasteiger partial charge in [-0.1, -0.05) is 12.2 Å². The third-order valence-corrected chi connectivity index (χ3v) is 1.24. The Kier molecular flexibility index (Phi) is 4.53. The van der Waals surface area contributed by atoms with Gasteiger partial charge >= 0.3 is 5.97 Å². The molecule has 0 amide bonds. The zero-order valence-electron chi connectivity index (χ0n) is 7.11. The summed E-state index contributed by atoms with van der Waals surface area (Å²) in [6.45, 7) is 3.34. The van der Waals surface area contributed by atoms with Crippen LogP contribution in [0.4, 0.5) is 0 Å². The van der Waals surface area contributed by atoms with Gasteiger partial charge in [-0.25, -0.2) is 4.79 Å². The highest BCUT2D eigenvalue weighted by Gasteiger charge is 2.09. The fourth-order valence-corrected chi connectivity index (χ4v) is 0.614. The van der Waals surface area contributed by atoms with Gasteiger partial charge in [-0.2, -0.15) is 0 Å². The van der Waals surface area contributed by atoms with Crippen LogP contribution in [0.25, 0.3) is 0 Å². The number of aliphatic hydroxyl groups is 1. The van der Waals surface area contributed by atoms with Gasteiger partial charge in [0.25, 0.3) is 0 Å². The van der Waals surface area contributed by atoms with Gasteiger partial charge in [-0.3, -0.25) is 0 Å². The lowest BCUT2D eigenvalue weighted by atomic mass is 10.2. The van der Waals surface area contributed by atoms with Crippen molar-refractivity contribution >= 4 is 5.97 Å². The summed E-state index contributed by atoms with van der Waals surface area (Å²) in [6, 6.07) is 0. The number of carbonyl (C=O) groups is 1. The van der Waals surface area contributed by atoms with E-state index < -0.39 is 5.97 Å². The summed E-state index contributed by atoms with van der Waals surface area (Å²) in [5.41, 5.74) is -0.101. The third-order valence-electron chi connectivity index (χ3n) is 1.24. The van der Waals surface area contributed by atoms with Crippen LogP contribution in [0.3, 0.4) is 0 Å². The average molecular weight is 168 g/mol. The molecular weight excluding hydrogens is 156 g/mol. The second-order valence-electron chi connectivity index (χ2n) is 2.09. The molecule has 0 radical (unpaired) electrons. The van der Waals surface area contributed by atoms with Crippen molar-refractivity contribution < 1.29 is 15.0 Å². The molecule has 12 heavy (non-hydrogen) atoms. The Morgan fingerprint density at radius 1 is 1.25 bits per heavy atom. The van der Waals surface area contributed by atoms with Crippen molar-refractivity contribution in [2.75, 3.05) is 0 Å². The molecule has 66 valence electrons. The molecular formula is C9H12O3. The fraction of sp³-hybridized carbons (Fsp3) is 0.222. The molecule has 0 atom stereocenters. The standard InChI is InChI=1S/C9H12O3/c1-3-5-6-7(9(11)12)8(10)4-2/h3-6,10H,1-2H3,(H,11,12)/b5-3-,7-6+,8-4+. The number of carboxylic acid groups (broad SMARTS) is 1. The maximum atomic E-state index is 10.5. The summed E-state index contributed by atoms with van der Waals surface area (Å²) in [5.74, 6) is -1.36. The Morgan fingerprint density at radius 2 is 1.83 bits per heavy atom. The number of rotatable bonds is 3. The topological polar surface area (TPSA) is 57.5 Å². The van der Waals surface area contributed by atoms with E-state index in [4.69, 9.17) is 10.2 Å². The van der Waals surface area contributed by atoms with Crippen LogP contribution in [0.5, 0.6) is 0 Å². The first-order valence-electron chi connectivity index (χ1n) is 3.55. The normalized spacial score (nSPS) is 13.8. The molecule has 3 heteroatoms. The fourth-order valence-electron chi connectivity index (χ4n) is 0.614. The SMILES string of the molecule is C\C=C/C=C(C(=O)O)\C(O)=C/C. The van der Waals surface area contributed by atoms with E-state index in [0.717, 1.165) is 0 Å². The van der Waals surface area contributed by atoms with Crippen LogP contribution >= 0.6 is 0 Å². The first-order valence-corrected chi connectivity index (χ1v) is 3.55. The second-order valence-corrected chi connectivity index (χ2v) is 2.09. The van der Waals surface area contributed by atoms with E-state index in [-0.39, 0.29) is 11.3 Å². The maximum Gasteiger partial charge on any atom is 0.339 e. The van der Waals surface area contributed by atoms with Gasteiger partial charge in [0.2, 0.25) is 0 Å². The van der Waals surface area contributed by atoms with Crippen LogP contribution in [0, 0.1) is 0 Å². The van der Waals surface area contributed by atoms with Crippen molar-refractivity contribution in [3.05, 3.63) is 35.6 Å². The van der Waals surface area contributed by atoms with E-state index in [1.807, 2.05) is 0 Å². The molecule has 3 nitrogen and oxygen atoms in total. The zero-order valence-corrected chi connectivity index (χ0v) is 7.11. The minimum atomic E-state index is -1.14. The summed E-state index contributed by atoms with van der Waals surface area (Å²) in [4.78, 5) is 10.5. The Balaban J connectivity index is 4.79. The molecule has 0 bridgehead atoms. The summed E-state index contributed by atoms with van der Waals surface area (Å²) < 4.78 is 0. The highest BCUT2D eigenvalue weighted by Crippen LogP contribution is 2.06. The number of aliphatic carboxylic acids is 1. The Hall–Kier alpha value is -1.51. The van der Waals surface area contributed by atoms with Gasteiger partial charge in [0.05, 0.1) is 0 Å². The van der Waals surface area contributed by atoms with E-state index in [1.54, 1.807) is 26.0 Å². The van der Waals surface area contributed by atoms with E-state index >= 15 is 0 Å². The summed E-state index contributed by atoms with van der Waals surface area (Å²) >= 11 is 0. The summed E-state index contributed by atoms with van der Waals surface area (Å²) in [6.07, 6.45) is 5.93. The zero-order chi connectivity index (χ0) is 9.56. The van der Waals surface area contributed by atoms with Crippen LogP contribution in [0.15, 0.2) is 35.6 Å². The van der Waals surface area contributed by atoms with E-state index in [2.05, 4.69) is 0 Å². The number of hydrogen-bond donors (Lipinski definition) is 2. The molecule has 0 aliphatic rings. The Morgan fingerprint density at radius 3 is 2.17 bits per heavy atom. The first kappa shape index (κ1) is 10.5. The van der Waals surface area contributed by atoms with Crippen molar-refractivity contribution in [2.24, 2.45) is 0 Å². The second kappa shape index (κ2) is 5.18. The van der Waals surface area contributed by atoms with Gasteiger partial charge in [0, 0.05) is 0 Å². The van der Waals surface area contributed by atoms with Crippen LogP contribution in [0.1, 0.15) is 13.8 Å². The average Bonchev–Trinajstić information content (AvgIpc) is 2.04. The predicted octanol–water partition coefficient (Wildman–Crippen LogP) is 2.04. The molecule has 0 heterocycles. The van der Waals surface area contributed by atoms with Crippen molar-refractivity contribution in [1.29, 1.82) is 0 Å². The molecule has 0 aromatic heterocycles. The Bertz CT molecular complexity index is 246. The van der Waals surface area contributed by atoms with Crippen molar-refractivity contribution in [1.82, 2.24) is 0 Å². The number of hydrogen-bond acceptors (Lipinski definition) is 2. The molecule has 0 aromatic carbocycles. The molecule has 0 unspecified atom stereocenters. The van der Waals surface area contributed by atoms with Gasteiger partial charge in [-0.15, -0.1) is 0 Å². The van der Waals surface area contributed by atoms with Crippen LogP contribution in [-0.4, -0.2) is 16.2 Å². The van der Waals surface area contributed by atoms with E-state index in [1.165, 1.54) is 12.2 Å². The quantitative estimate of drug-likeness (QED) is 0.385. The third kappa shape index (κ3) is 3.05. The van der Waals surface area contributed by atoms with Gasteiger partial charge < -0.3 is 10.2 Å². The molecule has 2 N–H and O–H groups in total. The molecule has 0 aliphatic carbocycles. The lowest BCUT2D eigenvalue weighted by Crippen LogP contribution is -2.02. The lowest BCUT2D eigenvalue weighted by molar-refractivity contribution is -0.132. The summed E-state index contributed by atoms with van der Waals surface area (Å²) in [7, 11) is 0. The van der Waals surface area contributed by atoms with Crippen molar-refractivity contribution in [3.63, 3.8) is 0 Å². The highest BCUT2D eigenvalue weighted by atomic mass is 16.4. The molecule has 0 spiro atoms. The van der Waals surface area contributed by atoms with Crippen LogP contribution in [0.2, 0.25) is 0 Å². The molecule has 0 fully saturated rings. The molecule has 0 saturated heterocycles. The number of allylic oxidation sites excluding steroid dienone is 4. The Labute approximate surface area is 71.3 Å². The van der Waals surface area contributed by atoms with Crippen LogP contribution in [-0.2, 0) is 4.79 Å². The maximum absolute atomic E-state index is 10.5. The minimum Gasteiger partial charge on any atom is -0.507 e. The van der Waals surface area contributed by atoms with E-state index in [9.17, 15) is 4.79 Å². The molecule has 0 saturated carbocycles. The smallest absolute Gasteiger partial charge is 0.339 e. The van der Waals surface area contributed by atoms with Crippen molar-refractivity contribution in [2.45, 2.75) is 13.8 Å². The van der Waals surface area contributed by atoms with Gasteiger partial charge in [-0.05, 0) is 26.0 Å². The summed E-state index contributed by atoms with van der Waals surface area (Å²) in [5, 5.41) is 17.7. The molecule has 0 aliphatic heterocycles. The highest BCUT2D eigenvalue weighted by molar-refractivity contribution is 5.91. The lowest BCUT2D eigenvalue weighted by Gasteiger charge is -1.97.